The number of nitrogens with zero attached hydrogens (tertiary/aromatic N) is 4. The number of carbonyl (C=O) groups is 1. The van der Waals surface area contributed by atoms with Crippen molar-refractivity contribution in [1.82, 2.24) is 19.7 Å². The van der Waals surface area contributed by atoms with Gasteiger partial charge in [0, 0.05) is 45.6 Å². The van der Waals surface area contributed by atoms with Crippen LogP contribution in [0, 0.1) is 5.82 Å². The fraction of sp³-hybridized carbons (Fsp3) is 0.278. The predicted octanol–water partition coefficient (Wildman–Crippen LogP) is 3.78. The molecule has 0 aliphatic heterocycles. The number of nitrogens with one attached hydrogen (secondary N) is 1. The largest absolute Gasteiger partial charge is 0.331 e. The number of hydrogen-bond donors (Lipinski definition) is 1. The molecule has 130 valence electrons. The molecular weight excluding hydrogens is 321 g/mol. The SMILES string of the molecule is [2H]C([2H])([2H])N(C(=O)Nc1ccc(F)c(-n2cc3cc(C(C)C)cnc3n2)c1)C([2H])([2H])[2H]. The van der Waals surface area contributed by atoms with Crippen molar-refractivity contribution in [2.24, 2.45) is 0 Å². The van der Waals surface area contributed by atoms with E-state index in [9.17, 15) is 9.18 Å². The van der Waals surface area contributed by atoms with Crippen LogP contribution in [0.15, 0.2) is 36.7 Å². The number of rotatable bonds is 3. The summed E-state index contributed by atoms with van der Waals surface area (Å²) in [6, 6.07) is 3.99. The molecule has 0 unspecified atom stereocenters. The molecule has 1 aromatic carbocycles. The number of carbonyl (C=O) groups excluding carboxylic acids is 1. The van der Waals surface area contributed by atoms with Crippen molar-refractivity contribution >= 4 is 22.8 Å². The van der Waals surface area contributed by atoms with Crippen LogP contribution in [0.3, 0.4) is 0 Å². The lowest BCUT2D eigenvalue weighted by molar-refractivity contribution is 0.230. The van der Waals surface area contributed by atoms with Gasteiger partial charge in [-0.25, -0.2) is 18.9 Å². The van der Waals surface area contributed by atoms with Gasteiger partial charge in [-0.2, -0.15) is 0 Å². The molecule has 0 saturated heterocycles. The number of urea groups is 1. The highest BCUT2D eigenvalue weighted by molar-refractivity contribution is 5.89. The molecule has 25 heavy (non-hydrogen) atoms. The highest BCUT2D eigenvalue weighted by atomic mass is 19.1. The summed E-state index contributed by atoms with van der Waals surface area (Å²) in [6.07, 6.45) is 3.27. The Morgan fingerprint density at radius 1 is 1.36 bits per heavy atom. The molecule has 3 aromatic rings. The molecule has 0 fully saturated rings. The number of fused-ring (bicyclic) bond motifs is 1. The van der Waals surface area contributed by atoms with E-state index in [2.05, 4.69) is 15.4 Å². The van der Waals surface area contributed by atoms with Crippen LogP contribution >= 0.6 is 0 Å². The second-order valence-corrected chi connectivity index (χ2v) is 5.84. The Morgan fingerprint density at radius 2 is 2.16 bits per heavy atom. The summed E-state index contributed by atoms with van der Waals surface area (Å²) in [6.45, 7) is -2.36. The molecule has 3 rings (SSSR count). The minimum absolute atomic E-state index is 0.00437. The zero-order valence-electron chi connectivity index (χ0n) is 19.6. The molecule has 0 radical (unpaired) electrons. The number of halogens is 1. The van der Waals surface area contributed by atoms with Crippen molar-refractivity contribution in [3.8, 4) is 5.69 Å². The van der Waals surface area contributed by atoms with E-state index in [1.54, 1.807) is 12.4 Å². The summed E-state index contributed by atoms with van der Waals surface area (Å²) < 4.78 is 59.6. The van der Waals surface area contributed by atoms with Gasteiger partial charge in [-0.15, -0.1) is 5.10 Å². The highest BCUT2D eigenvalue weighted by Gasteiger charge is 2.12. The first-order valence-electron chi connectivity index (χ1n) is 10.5. The van der Waals surface area contributed by atoms with Gasteiger partial charge >= 0.3 is 6.03 Å². The summed E-state index contributed by atoms with van der Waals surface area (Å²) in [4.78, 5) is 16.4. The van der Waals surface area contributed by atoms with E-state index >= 15 is 0 Å². The Bertz CT molecular complexity index is 1110. The Balaban J connectivity index is 1.95. The first-order valence-corrected chi connectivity index (χ1v) is 7.54. The minimum atomic E-state index is -3.20. The maximum absolute atomic E-state index is 14.5. The molecule has 0 bridgehead atoms. The van der Waals surface area contributed by atoms with Crippen LogP contribution in [-0.2, 0) is 0 Å². The maximum atomic E-state index is 14.5. The third-order valence-corrected chi connectivity index (χ3v) is 3.69. The van der Waals surface area contributed by atoms with Crippen LogP contribution in [0.4, 0.5) is 14.9 Å². The molecule has 1 N–H and O–H groups in total. The molecule has 7 heteroatoms. The summed E-state index contributed by atoms with van der Waals surface area (Å²) >= 11 is 0. The van der Waals surface area contributed by atoms with Gasteiger partial charge in [-0.3, -0.25) is 0 Å². The van der Waals surface area contributed by atoms with Crippen LogP contribution < -0.4 is 5.32 Å². The Kier molecular flexibility index (Phi) is 2.81. The fourth-order valence-electron chi connectivity index (χ4n) is 2.32. The monoisotopic (exact) mass is 347 g/mol. The van der Waals surface area contributed by atoms with Gasteiger partial charge in [0.2, 0.25) is 0 Å². The van der Waals surface area contributed by atoms with Crippen molar-refractivity contribution in [1.29, 1.82) is 0 Å². The van der Waals surface area contributed by atoms with Crippen molar-refractivity contribution in [3.63, 3.8) is 0 Å². The maximum Gasteiger partial charge on any atom is 0.321 e. The first-order chi connectivity index (χ1) is 14.3. The quantitative estimate of drug-likeness (QED) is 0.784. The van der Waals surface area contributed by atoms with Crippen molar-refractivity contribution in [2.75, 3.05) is 19.3 Å². The van der Waals surface area contributed by atoms with E-state index in [0.29, 0.717) is 11.0 Å². The number of anilines is 1. The van der Waals surface area contributed by atoms with E-state index in [0.717, 1.165) is 11.6 Å². The second kappa shape index (κ2) is 6.51. The topological polar surface area (TPSA) is 63.1 Å². The van der Waals surface area contributed by atoms with Crippen molar-refractivity contribution < 1.29 is 17.4 Å². The molecule has 0 aliphatic rings. The van der Waals surface area contributed by atoms with Crippen LogP contribution in [-0.4, -0.2) is 39.6 Å². The molecular formula is C18H20FN5O. The standard InChI is InChI=1S/C18H20FN5O/c1-11(2)12-7-13-10-24(22-17(13)20-9-12)16-8-14(5-6-15(16)19)21-18(25)23(3)4/h5-11H,1-4H3,(H,21,25)/i3D3,4D3. The van der Waals surface area contributed by atoms with Gasteiger partial charge in [-0.1, -0.05) is 13.8 Å². The number of benzene rings is 1. The van der Waals surface area contributed by atoms with E-state index in [-0.39, 0.29) is 22.2 Å². The summed E-state index contributed by atoms with van der Waals surface area (Å²) in [5.74, 6) is -0.409. The van der Waals surface area contributed by atoms with Gasteiger partial charge < -0.3 is 10.2 Å². The van der Waals surface area contributed by atoms with E-state index in [4.69, 9.17) is 8.22 Å². The summed E-state index contributed by atoms with van der Waals surface area (Å²) in [7, 11) is 0. The molecule has 0 saturated carbocycles. The summed E-state index contributed by atoms with van der Waals surface area (Å²) in [5, 5.41) is 7.13. The first kappa shape index (κ1) is 10.8. The van der Waals surface area contributed by atoms with E-state index in [1.807, 2.05) is 19.9 Å². The van der Waals surface area contributed by atoms with Gasteiger partial charge in [0.15, 0.2) is 5.65 Å². The third-order valence-electron chi connectivity index (χ3n) is 3.69. The molecule has 2 aromatic heterocycles. The molecule has 0 atom stereocenters. The molecule has 0 spiro atoms. The average Bonchev–Trinajstić information content (AvgIpc) is 3.03. The lowest BCUT2D eigenvalue weighted by Crippen LogP contribution is -2.27. The third kappa shape index (κ3) is 3.45. The normalized spacial score (nSPS) is 15.7. The van der Waals surface area contributed by atoms with Crippen LogP contribution in [0.2, 0.25) is 0 Å². The second-order valence-electron chi connectivity index (χ2n) is 5.84. The van der Waals surface area contributed by atoms with E-state index < -0.39 is 25.8 Å². The van der Waals surface area contributed by atoms with Gasteiger partial charge in [0.25, 0.3) is 0 Å². The molecule has 0 aliphatic carbocycles. The fourth-order valence-corrected chi connectivity index (χ4v) is 2.32. The van der Waals surface area contributed by atoms with Crippen LogP contribution in [0.1, 0.15) is 33.6 Å². The zero-order chi connectivity index (χ0) is 23.1. The smallest absolute Gasteiger partial charge is 0.321 e. The Morgan fingerprint density at radius 3 is 2.88 bits per heavy atom. The van der Waals surface area contributed by atoms with Crippen LogP contribution in [0.25, 0.3) is 16.7 Å². The Hall–Kier alpha value is -2.96. The summed E-state index contributed by atoms with van der Waals surface area (Å²) in [5.41, 5.74) is 1.35. The number of pyridine rings is 1. The van der Waals surface area contributed by atoms with Crippen LogP contribution in [0.5, 0.6) is 0 Å². The lowest BCUT2D eigenvalue weighted by atomic mass is 10.1. The minimum Gasteiger partial charge on any atom is -0.331 e. The zero-order valence-corrected chi connectivity index (χ0v) is 13.6. The number of amides is 2. The Labute approximate surface area is 153 Å². The number of aromatic nitrogens is 3. The lowest BCUT2D eigenvalue weighted by Gasteiger charge is -2.13. The van der Waals surface area contributed by atoms with Gasteiger partial charge in [0.1, 0.15) is 11.5 Å². The van der Waals surface area contributed by atoms with Gasteiger partial charge in [0.05, 0.1) is 0 Å². The number of hydrogen-bond acceptors (Lipinski definition) is 3. The molecule has 2 heterocycles. The molecule has 2 amide bonds. The van der Waals surface area contributed by atoms with Crippen molar-refractivity contribution in [3.05, 3.63) is 48.0 Å². The van der Waals surface area contributed by atoms with Crippen molar-refractivity contribution in [2.45, 2.75) is 19.8 Å². The molecule has 6 nitrogen and oxygen atoms in total. The average molecular weight is 347 g/mol. The van der Waals surface area contributed by atoms with Gasteiger partial charge in [-0.05, 0) is 35.7 Å². The van der Waals surface area contributed by atoms with E-state index in [1.165, 1.54) is 16.8 Å². The predicted molar refractivity (Wildman–Crippen MR) is 95.6 cm³/mol. The highest BCUT2D eigenvalue weighted by Crippen LogP contribution is 2.23.